The Hall–Kier alpha value is -3.51. The van der Waals surface area contributed by atoms with Crippen molar-refractivity contribution in [1.82, 2.24) is 4.90 Å². The van der Waals surface area contributed by atoms with Crippen LogP contribution in [-0.2, 0) is 20.3 Å². The summed E-state index contributed by atoms with van der Waals surface area (Å²) in [6.45, 7) is 2.43. The van der Waals surface area contributed by atoms with Crippen molar-refractivity contribution in [3.8, 4) is 0 Å². The molecule has 0 saturated heterocycles. The first-order valence-electron chi connectivity index (χ1n) is 11.0. The van der Waals surface area contributed by atoms with Gasteiger partial charge in [0.05, 0.1) is 23.9 Å². The number of hydrogen-bond acceptors (Lipinski definition) is 4. The Morgan fingerprint density at radius 1 is 1.06 bits per heavy atom. The molecule has 2 aromatic carbocycles. The van der Waals surface area contributed by atoms with Crippen LogP contribution in [0.1, 0.15) is 25.3 Å². The summed E-state index contributed by atoms with van der Waals surface area (Å²) >= 11 is 0. The topological polar surface area (TPSA) is 59.0 Å². The van der Waals surface area contributed by atoms with Gasteiger partial charge >= 0.3 is 5.97 Å². The molecular weight excluding hydrogens is 432 g/mol. The van der Waals surface area contributed by atoms with Crippen LogP contribution in [0.3, 0.4) is 0 Å². The first-order chi connectivity index (χ1) is 16.2. The van der Waals surface area contributed by atoms with E-state index in [1.54, 1.807) is 11.6 Å². The smallest absolute Gasteiger partial charge is 0.339 e. The molecule has 0 fully saturated rings. The molecule has 0 N–H and O–H groups in total. The van der Waals surface area contributed by atoms with Crippen LogP contribution in [-0.4, -0.2) is 32.9 Å². The zero-order chi connectivity index (χ0) is 23.0. The van der Waals surface area contributed by atoms with Gasteiger partial charge in [0.25, 0.3) is 0 Å². The van der Waals surface area contributed by atoms with Crippen LogP contribution in [0.15, 0.2) is 107 Å². The molecule has 2 aromatic rings. The van der Waals surface area contributed by atoms with Crippen LogP contribution in [0, 0.1) is 0 Å². The highest BCUT2D eigenvalue weighted by Gasteiger charge is 2.32. The number of hydrogen-bond donors (Lipinski definition) is 0. The van der Waals surface area contributed by atoms with Gasteiger partial charge in [-0.05, 0) is 29.7 Å². The molecule has 6 heteroatoms. The third-order valence-electron chi connectivity index (χ3n) is 5.31. The summed E-state index contributed by atoms with van der Waals surface area (Å²) in [6.07, 6.45) is 11.3. The van der Waals surface area contributed by atoms with Crippen molar-refractivity contribution < 1.29 is 13.7 Å². The minimum Gasteiger partial charge on any atom is -0.462 e. The summed E-state index contributed by atoms with van der Waals surface area (Å²) in [6, 6.07) is 18.6. The normalized spacial score (nSPS) is 22.1. The van der Waals surface area contributed by atoms with Crippen molar-refractivity contribution in [1.29, 1.82) is 0 Å². The number of unbranched alkanes of at least 4 members (excludes halogenated alkanes) is 1. The summed E-state index contributed by atoms with van der Waals surface area (Å²) in [7, 11) is -1.38. The fourth-order valence-corrected chi connectivity index (χ4v) is 4.61. The van der Waals surface area contributed by atoms with Gasteiger partial charge in [0.2, 0.25) is 5.17 Å². The Morgan fingerprint density at radius 3 is 2.52 bits per heavy atom. The van der Waals surface area contributed by atoms with Gasteiger partial charge in [0, 0.05) is 11.6 Å². The lowest BCUT2D eigenvalue weighted by Gasteiger charge is -2.29. The van der Waals surface area contributed by atoms with Crippen LogP contribution >= 0.6 is 0 Å². The minimum atomic E-state index is -1.38. The quantitative estimate of drug-likeness (QED) is 0.312. The number of esters is 1. The van der Waals surface area contributed by atoms with Crippen LogP contribution in [0.2, 0.25) is 0 Å². The zero-order valence-corrected chi connectivity index (χ0v) is 19.3. The Labute approximate surface area is 196 Å². The minimum absolute atomic E-state index is 0.353. The van der Waals surface area contributed by atoms with E-state index in [1.807, 2.05) is 89.9 Å². The maximum Gasteiger partial charge on any atom is 0.339 e. The standard InChI is InChI=1S/C27H26N2O3S/c1-2-3-19-32-26(30)25(21-12-6-4-7-13-21)23-16-10-11-17-24(23)29-18-20-33(31)27(29)28-22-14-8-5-9-15-22/h4-18,20,24H,2-3,19H2,1H3. The fraction of sp³-hybridized carbons (Fsp3) is 0.185. The van der Waals surface area contributed by atoms with Crippen molar-refractivity contribution in [2.75, 3.05) is 6.61 Å². The van der Waals surface area contributed by atoms with E-state index in [2.05, 4.69) is 11.9 Å². The van der Waals surface area contributed by atoms with Gasteiger partial charge in [-0.15, -0.1) is 0 Å². The van der Waals surface area contributed by atoms with E-state index < -0.39 is 10.8 Å². The number of carbonyl (C=O) groups excluding carboxylic acids is 1. The Bertz CT molecular complexity index is 1160. The average molecular weight is 459 g/mol. The van der Waals surface area contributed by atoms with Crippen molar-refractivity contribution in [3.05, 3.63) is 108 Å². The van der Waals surface area contributed by atoms with Gasteiger partial charge in [-0.1, -0.05) is 86.2 Å². The second-order valence-corrected chi connectivity index (χ2v) is 8.83. The molecule has 0 spiro atoms. The highest BCUT2D eigenvalue weighted by molar-refractivity contribution is 8.03. The second-order valence-electron chi connectivity index (χ2n) is 7.59. The number of ether oxygens (including phenoxy) is 1. The molecular formula is C27H26N2O3S. The average Bonchev–Trinajstić information content (AvgIpc) is 3.21. The molecule has 0 saturated carbocycles. The van der Waals surface area contributed by atoms with E-state index in [-0.39, 0.29) is 12.0 Å². The fourth-order valence-electron chi connectivity index (χ4n) is 3.67. The largest absolute Gasteiger partial charge is 0.462 e. The number of carbonyl (C=O) groups is 1. The molecule has 33 heavy (non-hydrogen) atoms. The van der Waals surface area contributed by atoms with Gasteiger partial charge in [-0.2, -0.15) is 0 Å². The summed E-state index contributed by atoms with van der Waals surface area (Å²) in [5.74, 6) is -0.361. The maximum absolute atomic E-state index is 13.3. The van der Waals surface area contributed by atoms with Gasteiger partial charge in [-0.3, -0.25) is 0 Å². The SMILES string of the molecule is CCCCOC(=O)C(=C1C=CC=CC1N1C=CS(=O)C1=Nc1ccccc1)c1ccccc1. The first kappa shape index (κ1) is 22.7. The lowest BCUT2D eigenvalue weighted by atomic mass is 9.91. The van der Waals surface area contributed by atoms with E-state index >= 15 is 0 Å². The predicted octanol–water partition coefficient (Wildman–Crippen LogP) is 5.50. The summed E-state index contributed by atoms with van der Waals surface area (Å²) < 4.78 is 18.4. The second kappa shape index (κ2) is 10.9. The van der Waals surface area contributed by atoms with Gasteiger partial charge in [-0.25, -0.2) is 14.0 Å². The van der Waals surface area contributed by atoms with E-state index in [1.165, 1.54) is 0 Å². The van der Waals surface area contributed by atoms with Crippen molar-refractivity contribution >= 4 is 33.2 Å². The zero-order valence-electron chi connectivity index (χ0n) is 18.5. The van der Waals surface area contributed by atoms with Crippen LogP contribution in [0.4, 0.5) is 5.69 Å². The lowest BCUT2D eigenvalue weighted by molar-refractivity contribution is -0.136. The third-order valence-corrected chi connectivity index (χ3v) is 6.34. The first-order valence-corrected chi connectivity index (χ1v) is 12.2. The Morgan fingerprint density at radius 2 is 1.79 bits per heavy atom. The molecule has 1 heterocycles. The van der Waals surface area contributed by atoms with E-state index in [0.717, 1.165) is 29.7 Å². The number of benzene rings is 2. The van der Waals surface area contributed by atoms with Crippen LogP contribution in [0.5, 0.6) is 0 Å². The van der Waals surface area contributed by atoms with Crippen molar-refractivity contribution in [3.63, 3.8) is 0 Å². The van der Waals surface area contributed by atoms with E-state index in [0.29, 0.717) is 17.3 Å². The molecule has 4 rings (SSSR count). The summed E-state index contributed by atoms with van der Waals surface area (Å²) in [5, 5.41) is 2.04. The van der Waals surface area contributed by atoms with Crippen LogP contribution < -0.4 is 0 Å². The number of rotatable bonds is 7. The molecule has 168 valence electrons. The van der Waals surface area contributed by atoms with Crippen molar-refractivity contribution in [2.24, 2.45) is 4.99 Å². The number of nitrogens with zero attached hydrogens (tertiary/aromatic N) is 2. The van der Waals surface area contributed by atoms with E-state index in [9.17, 15) is 9.00 Å². The number of aliphatic imine (C=N–C) groups is 1. The molecule has 0 aromatic heterocycles. The van der Waals surface area contributed by atoms with E-state index in [4.69, 9.17) is 4.74 Å². The highest BCUT2D eigenvalue weighted by Crippen LogP contribution is 2.31. The molecule has 2 aliphatic rings. The monoisotopic (exact) mass is 458 g/mol. The molecule has 0 amide bonds. The molecule has 2 unspecified atom stereocenters. The maximum atomic E-state index is 13.3. The van der Waals surface area contributed by atoms with Crippen LogP contribution in [0.25, 0.3) is 5.57 Å². The van der Waals surface area contributed by atoms with Gasteiger partial charge in [0.15, 0.2) is 0 Å². The lowest BCUT2D eigenvalue weighted by Crippen LogP contribution is -2.36. The molecule has 1 aliphatic carbocycles. The molecule has 1 aliphatic heterocycles. The number of allylic oxidation sites excluding steroid dienone is 2. The van der Waals surface area contributed by atoms with Gasteiger partial charge < -0.3 is 9.64 Å². The Kier molecular flexibility index (Phi) is 7.47. The summed E-state index contributed by atoms with van der Waals surface area (Å²) in [5.41, 5.74) is 2.78. The number of amidine groups is 1. The van der Waals surface area contributed by atoms with Crippen molar-refractivity contribution in [2.45, 2.75) is 25.8 Å². The number of para-hydroxylation sites is 1. The highest BCUT2D eigenvalue weighted by atomic mass is 32.2. The molecule has 0 bridgehead atoms. The van der Waals surface area contributed by atoms with Gasteiger partial charge in [0.1, 0.15) is 10.8 Å². The molecule has 0 radical (unpaired) electrons. The summed E-state index contributed by atoms with van der Waals surface area (Å²) in [4.78, 5) is 19.8. The Balaban J connectivity index is 1.78. The molecule has 5 nitrogen and oxygen atoms in total. The third kappa shape index (κ3) is 5.29. The molecule has 2 atom stereocenters. The predicted molar refractivity (Wildman–Crippen MR) is 134 cm³/mol.